The molecule has 0 saturated carbocycles. The van der Waals surface area contributed by atoms with Crippen molar-refractivity contribution in [2.75, 3.05) is 26.7 Å². The van der Waals surface area contributed by atoms with Crippen LogP contribution >= 0.6 is 0 Å². The number of hydrogen-bond acceptors (Lipinski definition) is 3. The van der Waals surface area contributed by atoms with Crippen LogP contribution in [0.1, 0.15) is 33.1 Å². The van der Waals surface area contributed by atoms with Crippen molar-refractivity contribution in [2.45, 2.75) is 51.3 Å². The van der Waals surface area contributed by atoms with Gasteiger partial charge in [0.25, 0.3) is 0 Å². The molecule has 2 rings (SSSR count). The number of nitrogens with zero attached hydrogens (tertiary/aromatic N) is 1. The quantitative estimate of drug-likeness (QED) is 0.789. The van der Waals surface area contributed by atoms with E-state index < -0.39 is 0 Å². The summed E-state index contributed by atoms with van der Waals surface area (Å²) >= 11 is 0. The van der Waals surface area contributed by atoms with Gasteiger partial charge in [0.1, 0.15) is 0 Å². The molecule has 0 radical (unpaired) electrons. The van der Waals surface area contributed by atoms with Crippen molar-refractivity contribution >= 4 is 0 Å². The second-order valence-electron chi connectivity index (χ2n) is 5.64. The van der Waals surface area contributed by atoms with Gasteiger partial charge in [-0.25, -0.2) is 0 Å². The van der Waals surface area contributed by atoms with Crippen LogP contribution in [0.15, 0.2) is 0 Å². The molecule has 3 unspecified atom stereocenters. The largest absolute Gasteiger partial charge is 0.378 e. The maximum Gasteiger partial charge on any atom is 0.0612 e. The van der Waals surface area contributed by atoms with Gasteiger partial charge in [-0.3, -0.25) is 4.90 Å². The normalized spacial score (nSPS) is 36.2. The van der Waals surface area contributed by atoms with Crippen molar-refractivity contribution in [3.05, 3.63) is 0 Å². The van der Waals surface area contributed by atoms with Crippen LogP contribution in [0.5, 0.6) is 0 Å². The number of rotatable bonds is 3. The molecule has 3 nitrogen and oxygen atoms in total. The van der Waals surface area contributed by atoms with Gasteiger partial charge in [-0.05, 0) is 38.8 Å². The van der Waals surface area contributed by atoms with Crippen LogP contribution < -0.4 is 5.32 Å². The summed E-state index contributed by atoms with van der Waals surface area (Å²) in [5.74, 6) is 0.651. The number of ether oxygens (including phenoxy) is 1. The van der Waals surface area contributed by atoms with Crippen LogP contribution in [0.25, 0.3) is 0 Å². The van der Waals surface area contributed by atoms with E-state index in [4.69, 9.17) is 4.74 Å². The fraction of sp³-hybridized carbons (Fsp3) is 1.00. The summed E-state index contributed by atoms with van der Waals surface area (Å²) in [6, 6.07) is 1.47. The molecule has 2 aliphatic heterocycles. The molecule has 0 aliphatic carbocycles. The molecule has 16 heavy (non-hydrogen) atoms. The third-order valence-corrected chi connectivity index (χ3v) is 4.22. The molecule has 0 amide bonds. The van der Waals surface area contributed by atoms with Gasteiger partial charge in [-0.15, -0.1) is 0 Å². The molecule has 0 spiro atoms. The van der Waals surface area contributed by atoms with Crippen molar-refractivity contribution in [2.24, 2.45) is 5.92 Å². The van der Waals surface area contributed by atoms with Crippen LogP contribution in [-0.2, 0) is 4.74 Å². The van der Waals surface area contributed by atoms with Crippen LogP contribution in [0, 0.1) is 5.92 Å². The summed E-state index contributed by atoms with van der Waals surface area (Å²) < 4.78 is 5.84. The minimum Gasteiger partial charge on any atom is -0.378 e. The second-order valence-corrected chi connectivity index (χ2v) is 5.64. The average Bonchev–Trinajstić information content (AvgIpc) is 2.81. The summed E-state index contributed by atoms with van der Waals surface area (Å²) in [6.45, 7) is 7.83. The molecule has 2 aliphatic rings. The first kappa shape index (κ1) is 12.3. The van der Waals surface area contributed by atoms with Crippen molar-refractivity contribution in [3.8, 4) is 0 Å². The summed E-state index contributed by atoms with van der Waals surface area (Å²) in [5.41, 5.74) is 0. The van der Waals surface area contributed by atoms with Crippen molar-refractivity contribution in [1.29, 1.82) is 0 Å². The molecule has 0 aromatic heterocycles. The standard InChI is InChI=1S/C13H26N2O/c1-10(2)13-8-11(5-7-16-13)15(3)12-4-6-14-9-12/h10-14H,4-9H2,1-3H3. The highest BCUT2D eigenvalue weighted by molar-refractivity contribution is 4.86. The van der Waals surface area contributed by atoms with E-state index in [1.54, 1.807) is 0 Å². The summed E-state index contributed by atoms with van der Waals surface area (Å²) in [5, 5.41) is 3.45. The topological polar surface area (TPSA) is 24.5 Å². The molecule has 2 fully saturated rings. The third-order valence-electron chi connectivity index (χ3n) is 4.22. The molecule has 1 N–H and O–H groups in total. The van der Waals surface area contributed by atoms with Crippen LogP contribution in [0.3, 0.4) is 0 Å². The van der Waals surface area contributed by atoms with Gasteiger partial charge < -0.3 is 10.1 Å². The Bertz CT molecular complexity index is 214. The highest BCUT2D eigenvalue weighted by Gasteiger charge is 2.31. The zero-order valence-corrected chi connectivity index (χ0v) is 10.9. The zero-order chi connectivity index (χ0) is 11.5. The minimum atomic E-state index is 0.468. The van der Waals surface area contributed by atoms with Gasteiger partial charge in [0.15, 0.2) is 0 Å². The van der Waals surface area contributed by atoms with Gasteiger partial charge in [0.05, 0.1) is 6.10 Å². The van der Waals surface area contributed by atoms with E-state index in [1.165, 1.54) is 32.4 Å². The average molecular weight is 226 g/mol. The Hall–Kier alpha value is -0.120. The first-order valence-corrected chi connectivity index (χ1v) is 6.72. The fourth-order valence-corrected chi connectivity index (χ4v) is 2.93. The lowest BCUT2D eigenvalue weighted by molar-refractivity contribution is -0.0495. The Morgan fingerprint density at radius 1 is 1.25 bits per heavy atom. The number of likely N-dealkylation sites (N-methyl/N-ethyl adjacent to an activating group) is 1. The van der Waals surface area contributed by atoms with Crippen molar-refractivity contribution in [1.82, 2.24) is 10.2 Å². The lowest BCUT2D eigenvalue weighted by Crippen LogP contribution is -2.47. The molecule has 94 valence electrons. The van der Waals surface area contributed by atoms with Gasteiger partial charge in [-0.2, -0.15) is 0 Å². The number of hydrogen-bond donors (Lipinski definition) is 1. The van der Waals surface area contributed by atoms with Gasteiger partial charge in [-0.1, -0.05) is 13.8 Å². The zero-order valence-electron chi connectivity index (χ0n) is 10.9. The lowest BCUT2D eigenvalue weighted by Gasteiger charge is -2.39. The molecule has 3 atom stereocenters. The molecule has 2 heterocycles. The van der Waals surface area contributed by atoms with Crippen molar-refractivity contribution < 1.29 is 4.74 Å². The summed E-state index contributed by atoms with van der Waals surface area (Å²) in [6.07, 6.45) is 4.19. The Balaban J connectivity index is 1.87. The van der Waals surface area contributed by atoms with E-state index in [-0.39, 0.29) is 0 Å². The Morgan fingerprint density at radius 2 is 2.06 bits per heavy atom. The van der Waals surface area contributed by atoms with E-state index in [9.17, 15) is 0 Å². The fourth-order valence-electron chi connectivity index (χ4n) is 2.93. The predicted molar refractivity (Wildman–Crippen MR) is 66.6 cm³/mol. The summed E-state index contributed by atoms with van der Waals surface area (Å²) in [4.78, 5) is 2.60. The summed E-state index contributed by atoms with van der Waals surface area (Å²) in [7, 11) is 2.30. The van der Waals surface area contributed by atoms with E-state index >= 15 is 0 Å². The van der Waals surface area contributed by atoms with E-state index in [2.05, 4.69) is 31.1 Å². The molecule has 0 aromatic carbocycles. The highest BCUT2D eigenvalue weighted by Crippen LogP contribution is 2.25. The van der Waals surface area contributed by atoms with Gasteiger partial charge >= 0.3 is 0 Å². The smallest absolute Gasteiger partial charge is 0.0612 e. The second kappa shape index (κ2) is 5.48. The molecule has 0 aromatic rings. The van der Waals surface area contributed by atoms with Crippen molar-refractivity contribution in [3.63, 3.8) is 0 Å². The van der Waals surface area contributed by atoms with Gasteiger partial charge in [0.2, 0.25) is 0 Å². The highest BCUT2D eigenvalue weighted by atomic mass is 16.5. The molecule has 2 saturated heterocycles. The molecule has 3 heteroatoms. The van der Waals surface area contributed by atoms with Crippen LogP contribution in [0.2, 0.25) is 0 Å². The molecular weight excluding hydrogens is 200 g/mol. The van der Waals surface area contributed by atoms with Crippen LogP contribution in [-0.4, -0.2) is 49.8 Å². The minimum absolute atomic E-state index is 0.468. The maximum absolute atomic E-state index is 5.84. The Labute approximate surface area is 99.5 Å². The van der Waals surface area contributed by atoms with E-state index in [0.29, 0.717) is 12.0 Å². The first-order chi connectivity index (χ1) is 7.68. The van der Waals surface area contributed by atoms with E-state index in [0.717, 1.165) is 18.7 Å². The monoisotopic (exact) mass is 226 g/mol. The lowest BCUT2D eigenvalue weighted by atomic mass is 9.93. The predicted octanol–water partition coefficient (Wildman–Crippen LogP) is 1.48. The maximum atomic E-state index is 5.84. The van der Waals surface area contributed by atoms with E-state index in [1.807, 2.05) is 0 Å². The molecule has 0 bridgehead atoms. The third kappa shape index (κ3) is 2.76. The Morgan fingerprint density at radius 3 is 2.69 bits per heavy atom. The first-order valence-electron chi connectivity index (χ1n) is 6.72. The Kier molecular flexibility index (Phi) is 4.22. The molecular formula is C13H26N2O. The van der Waals surface area contributed by atoms with Crippen LogP contribution in [0.4, 0.5) is 0 Å². The number of nitrogens with one attached hydrogen (secondary N) is 1. The SMILES string of the molecule is CC(C)C1CC(N(C)C2CCNC2)CCO1. The van der Waals surface area contributed by atoms with Gasteiger partial charge in [0, 0.05) is 25.2 Å².